The van der Waals surface area contributed by atoms with Crippen molar-refractivity contribution in [2.75, 3.05) is 13.2 Å². The Bertz CT molecular complexity index is 1100. The van der Waals surface area contributed by atoms with Crippen molar-refractivity contribution < 1.29 is 28.5 Å². The van der Waals surface area contributed by atoms with Crippen LogP contribution in [0.15, 0.2) is 66.8 Å². The number of ether oxygens (including phenoxy) is 4. The summed E-state index contributed by atoms with van der Waals surface area (Å²) in [6.07, 6.45) is 6.65. The van der Waals surface area contributed by atoms with Crippen LogP contribution in [0.5, 0.6) is 11.5 Å². The van der Waals surface area contributed by atoms with Crippen LogP contribution in [0.25, 0.3) is 11.1 Å². The van der Waals surface area contributed by atoms with Crippen LogP contribution in [0.2, 0.25) is 0 Å². The van der Waals surface area contributed by atoms with Gasteiger partial charge < -0.3 is 18.9 Å². The van der Waals surface area contributed by atoms with Crippen LogP contribution in [-0.2, 0) is 19.1 Å². The summed E-state index contributed by atoms with van der Waals surface area (Å²) in [6, 6.07) is 14.4. The normalized spacial score (nSPS) is 19.2. The second-order valence-corrected chi connectivity index (χ2v) is 9.86. The molecule has 0 amide bonds. The summed E-state index contributed by atoms with van der Waals surface area (Å²) < 4.78 is 22.4. The first-order valence-electron chi connectivity index (χ1n) is 13.1. The zero-order chi connectivity index (χ0) is 26.2. The van der Waals surface area contributed by atoms with Gasteiger partial charge in [-0.25, -0.2) is 9.59 Å². The summed E-state index contributed by atoms with van der Waals surface area (Å²) >= 11 is 0. The van der Waals surface area contributed by atoms with Crippen molar-refractivity contribution in [1.29, 1.82) is 0 Å². The van der Waals surface area contributed by atoms with Crippen molar-refractivity contribution >= 4 is 11.9 Å². The molecule has 2 aliphatic heterocycles. The first-order chi connectivity index (χ1) is 17.9. The van der Waals surface area contributed by atoms with Crippen LogP contribution >= 0.6 is 0 Å². The van der Waals surface area contributed by atoms with Crippen molar-refractivity contribution in [2.45, 2.75) is 70.5 Å². The molecule has 2 aliphatic rings. The van der Waals surface area contributed by atoms with Gasteiger partial charge in [-0.1, -0.05) is 31.4 Å². The van der Waals surface area contributed by atoms with Crippen LogP contribution < -0.4 is 9.47 Å². The maximum atomic E-state index is 11.4. The van der Waals surface area contributed by atoms with Gasteiger partial charge in [0, 0.05) is 24.0 Å². The van der Waals surface area contributed by atoms with E-state index in [9.17, 15) is 9.59 Å². The Labute approximate surface area is 219 Å². The van der Waals surface area contributed by atoms with Crippen molar-refractivity contribution in [3.8, 4) is 22.6 Å². The molecule has 2 saturated heterocycles. The first-order valence-corrected chi connectivity index (χ1v) is 13.1. The molecular formula is C31H36O6. The molecule has 2 aromatic carbocycles. The van der Waals surface area contributed by atoms with Crippen LogP contribution in [-0.4, -0.2) is 37.4 Å². The Morgan fingerprint density at radius 3 is 1.81 bits per heavy atom. The summed E-state index contributed by atoms with van der Waals surface area (Å²) in [5.41, 5.74) is 4.50. The van der Waals surface area contributed by atoms with Crippen molar-refractivity contribution in [3.63, 3.8) is 0 Å². The molecule has 0 aromatic heterocycles. The highest BCUT2D eigenvalue weighted by Crippen LogP contribution is 2.29. The molecule has 0 aliphatic carbocycles. The number of hydrogen-bond donors (Lipinski definition) is 0. The molecule has 2 heterocycles. The van der Waals surface area contributed by atoms with Crippen LogP contribution in [0.3, 0.4) is 0 Å². The average Bonchev–Trinajstić information content (AvgIpc) is 3.38. The van der Waals surface area contributed by atoms with Gasteiger partial charge in [0.05, 0.1) is 13.2 Å². The summed E-state index contributed by atoms with van der Waals surface area (Å²) in [5.74, 6) is 1.22. The van der Waals surface area contributed by atoms with E-state index in [0.29, 0.717) is 37.2 Å². The first kappa shape index (κ1) is 26.5. The van der Waals surface area contributed by atoms with Crippen LogP contribution in [0, 0.1) is 6.92 Å². The van der Waals surface area contributed by atoms with Gasteiger partial charge in [0.25, 0.3) is 0 Å². The summed E-state index contributed by atoms with van der Waals surface area (Å²) in [6.45, 7) is 10.8. The topological polar surface area (TPSA) is 71.1 Å². The molecular weight excluding hydrogens is 468 g/mol. The highest BCUT2D eigenvalue weighted by atomic mass is 16.6. The molecule has 0 radical (unpaired) electrons. The van der Waals surface area contributed by atoms with Gasteiger partial charge in [0.1, 0.15) is 23.7 Å². The van der Waals surface area contributed by atoms with Crippen LogP contribution in [0.4, 0.5) is 0 Å². The molecule has 2 unspecified atom stereocenters. The number of aryl methyl sites for hydroxylation is 1. The minimum atomic E-state index is -0.257. The molecule has 6 heteroatoms. The predicted molar refractivity (Wildman–Crippen MR) is 143 cm³/mol. The number of esters is 2. The molecule has 0 spiro atoms. The quantitative estimate of drug-likeness (QED) is 0.176. The molecule has 0 saturated carbocycles. The highest BCUT2D eigenvalue weighted by Gasteiger charge is 2.27. The molecule has 0 bridgehead atoms. The minimum Gasteiger partial charge on any atom is -0.494 e. The number of carbonyl (C=O) groups is 2. The molecule has 4 rings (SSSR count). The van der Waals surface area contributed by atoms with E-state index in [1.54, 1.807) is 0 Å². The van der Waals surface area contributed by atoms with Crippen molar-refractivity contribution in [3.05, 3.63) is 72.3 Å². The Morgan fingerprint density at radius 2 is 1.30 bits per heavy atom. The predicted octanol–water partition coefficient (Wildman–Crippen LogP) is 6.50. The van der Waals surface area contributed by atoms with E-state index >= 15 is 0 Å². The van der Waals surface area contributed by atoms with E-state index < -0.39 is 0 Å². The maximum Gasteiger partial charge on any atom is 0.333 e. The minimum absolute atomic E-state index is 0.0227. The van der Waals surface area contributed by atoms with E-state index in [4.69, 9.17) is 18.9 Å². The highest BCUT2D eigenvalue weighted by molar-refractivity contribution is 5.90. The van der Waals surface area contributed by atoms with E-state index in [0.717, 1.165) is 66.7 Å². The smallest absolute Gasteiger partial charge is 0.333 e. The fourth-order valence-corrected chi connectivity index (χ4v) is 4.65. The molecule has 0 N–H and O–H groups in total. The third-order valence-corrected chi connectivity index (χ3v) is 6.80. The summed E-state index contributed by atoms with van der Waals surface area (Å²) in [7, 11) is 0. The number of unbranched alkanes of at least 4 members (excludes halogenated alkanes) is 2. The number of carbonyl (C=O) groups excluding carboxylic acids is 2. The molecule has 196 valence electrons. The third-order valence-electron chi connectivity index (χ3n) is 6.80. The van der Waals surface area contributed by atoms with E-state index in [1.807, 2.05) is 18.2 Å². The van der Waals surface area contributed by atoms with Gasteiger partial charge in [-0.3, -0.25) is 0 Å². The zero-order valence-electron chi connectivity index (χ0n) is 21.6. The molecule has 37 heavy (non-hydrogen) atoms. The second kappa shape index (κ2) is 12.6. The fourth-order valence-electron chi connectivity index (χ4n) is 4.65. The monoisotopic (exact) mass is 504 g/mol. The van der Waals surface area contributed by atoms with Gasteiger partial charge >= 0.3 is 11.9 Å². The molecule has 6 nitrogen and oxygen atoms in total. The molecule has 2 aromatic rings. The van der Waals surface area contributed by atoms with Gasteiger partial charge in [-0.05, 0) is 86.4 Å². The lowest BCUT2D eigenvalue weighted by Crippen LogP contribution is -2.07. The Kier molecular flexibility index (Phi) is 9.04. The van der Waals surface area contributed by atoms with Crippen molar-refractivity contribution in [2.24, 2.45) is 0 Å². The lowest BCUT2D eigenvalue weighted by molar-refractivity contribution is -0.140. The summed E-state index contributed by atoms with van der Waals surface area (Å²) in [5, 5.41) is 0. The standard InChI is InChI=1S/C31H36O6/c1-21-18-25(12-15-29(21)35-17-7-5-9-28-20-23(3)31(33)37-28)24-10-13-26(14-11-24)34-16-6-4-8-27-19-22(2)30(32)36-27/h10-15,18,27-28H,2-9,16-17,19-20H2,1H3. The number of hydrogen-bond acceptors (Lipinski definition) is 6. The Balaban J connectivity index is 1.15. The lowest BCUT2D eigenvalue weighted by Gasteiger charge is -2.12. The second-order valence-electron chi connectivity index (χ2n) is 9.86. The number of benzene rings is 2. The van der Waals surface area contributed by atoms with E-state index in [1.165, 1.54) is 0 Å². The van der Waals surface area contributed by atoms with Crippen LogP contribution in [0.1, 0.15) is 56.9 Å². The van der Waals surface area contributed by atoms with E-state index in [2.05, 4.69) is 44.3 Å². The lowest BCUT2D eigenvalue weighted by atomic mass is 10.0. The third kappa shape index (κ3) is 7.48. The maximum absolute atomic E-state index is 11.4. The number of rotatable bonds is 13. The largest absolute Gasteiger partial charge is 0.494 e. The fraction of sp³-hybridized carbons (Fsp3) is 0.419. The van der Waals surface area contributed by atoms with E-state index in [-0.39, 0.29) is 24.1 Å². The van der Waals surface area contributed by atoms with Gasteiger partial charge in [0.15, 0.2) is 0 Å². The summed E-state index contributed by atoms with van der Waals surface area (Å²) in [4.78, 5) is 22.8. The average molecular weight is 505 g/mol. The molecule has 2 atom stereocenters. The SMILES string of the molecule is C=C1CC(CCCCOc2ccc(-c3ccc(OCCCCC4CC(=C)C(=O)O4)c(C)c3)cc2)OC1=O. The van der Waals surface area contributed by atoms with Crippen molar-refractivity contribution in [1.82, 2.24) is 0 Å². The van der Waals surface area contributed by atoms with Gasteiger partial charge in [-0.2, -0.15) is 0 Å². The zero-order valence-corrected chi connectivity index (χ0v) is 21.6. The Morgan fingerprint density at radius 1 is 0.757 bits per heavy atom. The number of cyclic esters (lactones) is 2. The Hall–Kier alpha value is -3.54. The van der Waals surface area contributed by atoms with Gasteiger partial charge in [0.2, 0.25) is 0 Å². The van der Waals surface area contributed by atoms with Gasteiger partial charge in [-0.15, -0.1) is 0 Å². The molecule has 2 fully saturated rings.